The smallest absolute Gasteiger partial charge is 0.398 e. The Balaban J connectivity index is 1.88. The Morgan fingerprint density at radius 3 is 2.05 bits per heavy atom. The summed E-state index contributed by atoms with van der Waals surface area (Å²) in [5.74, 6) is 0.663. The van der Waals surface area contributed by atoms with Gasteiger partial charge in [-0.15, -0.1) is 0 Å². The third-order valence-corrected chi connectivity index (χ3v) is 5.26. The maximum Gasteiger partial charge on any atom is 0.525 e. The molecule has 0 radical (unpaired) electrons. The molecular weight excluding hydrogens is 244 g/mol. The van der Waals surface area contributed by atoms with Gasteiger partial charge in [-0.1, -0.05) is 0 Å². The number of hydrogen-bond donors (Lipinski definition) is 1. The molecule has 0 aromatic carbocycles. The van der Waals surface area contributed by atoms with Gasteiger partial charge in [0.25, 0.3) is 0 Å². The lowest BCUT2D eigenvalue weighted by Gasteiger charge is -2.32. The van der Waals surface area contributed by atoms with Crippen LogP contribution in [0.4, 0.5) is 4.39 Å². The first-order valence-electron chi connectivity index (χ1n) is 7.27. The van der Waals surface area contributed by atoms with E-state index in [1.165, 1.54) is 0 Å². The highest BCUT2D eigenvalue weighted by Crippen LogP contribution is 2.45. The van der Waals surface area contributed by atoms with Gasteiger partial charge in [-0.05, 0) is 57.9 Å². The Labute approximate surface area is 115 Å². The molecule has 0 amide bonds. The number of hydrogen-bond acceptors (Lipinski definition) is 3. The molecule has 1 N–H and O–H groups in total. The van der Waals surface area contributed by atoms with E-state index >= 15 is 0 Å². The minimum Gasteiger partial charge on any atom is -0.398 e. The van der Waals surface area contributed by atoms with E-state index in [0.717, 1.165) is 31.5 Å². The van der Waals surface area contributed by atoms with Gasteiger partial charge < -0.3 is 14.6 Å². The van der Waals surface area contributed by atoms with Crippen molar-refractivity contribution in [2.24, 2.45) is 11.8 Å². The fraction of sp³-hybridized carbons (Fsp3) is 0.857. The van der Waals surface area contributed by atoms with Crippen LogP contribution in [0.3, 0.4) is 0 Å². The van der Waals surface area contributed by atoms with Crippen molar-refractivity contribution in [2.75, 3.05) is 13.1 Å². The van der Waals surface area contributed by atoms with Gasteiger partial charge in [-0.2, -0.15) is 0 Å². The van der Waals surface area contributed by atoms with Crippen molar-refractivity contribution in [1.29, 1.82) is 0 Å². The summed E-state index contributed by atoms with van der Waals surface area (Å²) in [5.41, 5.74) is -0.145. The van der Waals surface area contributed by atoms with Crippen molar-refractivity contribution in [3.63, 3.8) is 0 Å². The quantitative estimate of drug-likeness (QED) is 0.740. The molecule has 2 heterocycles. The van der Waals surface area contributed by atoms with E-state index < -0.39 is 18.3 Å². The second kappa shape index (κ2) is 4.30. The van der Waals surface area contributed by atoms with E-state index in [2.05, 4.69) is 5.32 Å². The van der Waals surface area contributed by atoms with Crippen LogP contribution in [0.15, 0.2) is 11.3 Å². The van der Waals surface area contributed by atoms with E-state index in [-0.39, 0.29) is 5.73 Å². The number of nitrogens with one attached hydrogen (secondary N) is 1. The predicted molar refractivity (Wildman–Crippen MR) is 73.3 cm³/mol. The van der Waals surface area contributed by atoms with Gasteiger partial charge in [0.05, 0.1) is 11.2 Å². The van der Waals surface area contributed by atoms with Gasteiger partial charge in [0.2, 0.25) is 0 Å². The summed E-state index contributed by atoms with van der Waals surface area (Å²) in [6, 6.07) is 0. The topological polar surface area (TPSA) is 30.5 Å². The first-order valence-corrected chi connectivity index (χ1v) is 7.27. The van der Waals surface area contributed by atoms with E-state index in [4.69, 9.17) is 9.31 Å². The standard InChI is InChI=1S/C14H23BFNO2/c1-13(2)14(3,4)19-15(18-13)12(16)11-9-5-6-10(11)8-17-7-9/h9-10,17H,5-8H2,1-4H3. The summed E-state index contributed by atoms with van der Waals surface area (Å²) >= 11 is 0. The molecule has 0 spiro atoms. The summed E-state index contributed by atoms with van der Waals surface area (Å²) in [5, 5.41) is 3.37. The lowest BCUT2D eigenvalue weighted by Crippen LogP contribution is -2.41. The second-order valence-corrected chi connectivity index (χ2v) is 7.02. The van der Waals surface area contributed by atoms with Gasteiger partial charge in [-0.25, -0.2) is 4.39 Å². The second-order valence-electron chi connectivity index (χ2n) is 7.02. The zero-order chi connectivity index (χ0) is 13.8. The monoisotopic (exact) mass is 267 g/mol. The average molecular weight is 267 g/mol. The molecule has 106 valence electrons. The SMILES string of the molecule is CC1(C)OB(C(F)=C2C3CCC2CNC3)OC1(C)C. The highest BCUT2D eigenvalue weighted by molar-refractivity contribution is 6.53. The number of halogens is 1. The van der Waals surface area contributed by atoms with Crippen LogP contribution in [0.5, 0.6) is 0 Å². The van der Waals surface area contributed by atoms with Crippen LogP contribution in [-0.2, 0) is 9.31 Å². The maximum atomic E-state index is 14.8. The van der Waals surface area contributed by atoms with Crippen molar-refractivity contribution in [3.05, 3.63) is 11.3 Å². The van der Waals surface area contributed by atoms with Crippen molar-refractivity contribution in [1.82, 2.24) is 5.32 Å². The fourth-order valence-electron chi connectivity index (χ4n) is 3.38. The number of rotatable bonds is 1. The first kappa shape index (κ1) is 13.6. The molecule has 3 rings (SSSR count). The van der Waals surface area contributed by atoms with E-state index in [0.29, 0.717) is 11.8 Å². The molecule has 2 saturated heterocycles. The first-order chi connectivity index (χ1) is 8.82. The summed E-state index contributed by atoms with van der Waals surface area (Å²) in [6.45, 7) is 9.62. The van der Waals surface area contributed by atoms with Gasteiger partial charge in [-0.3, -0.25) is 0 Å². The van der Waals surface area contributed by atoms with Gasteiger partial charge in [0.1, 0.15) is 5.73 Å². The Morgan fingerprint density at radius 1 is 1.11 bits per heavy atom. The van der Waals surface area contributed by atoms with Crippen LogP contribution in [0, 0.1) is 11.8 Å². The molecule has 3 fully saturated rings. The van der Waals surface area contributed by atoms with Gasteiger partial charge >= 0.3 is 7.12 Å². The molecule has 2 aliphatic heterocycles. The van der Waals surface area contributed by atoms with Crippen LogP contribution in [0.25, 0.3) is 0 Å². The van der Waals surface area contributed by atoms with Crippen molar-refractivity contribution in [2.45, 2.75) is 51.7 Å². The van der Waals surface area contributed by atoms with Gasteiger partial charge in [0.15, 0.2) is 0 Å². The molecule has 1 saturated carbocycles. The average Bonchev–Trinajstić information content (AvgIpc) is 2.68. The molecule has 3 aliphatic rings. The van der Waals surface area contributed by atoms with Gasteiger partial charge in [0, 0.05) is 13.1 Å². The predicted octanol–water partition coefficient (Wildman–Crippen LogP) is 2.47. The number of fused-ring (bicyclic) bond motifs is 2. The summed E-state index contributed by atoms with van der Waals surface area (Å²) in [7, 11) is -0.818. The fourth-order valence-corrected chi connectivity index (χ4v) is 3.38. The van der Waals surface area contributed by atoms with Crippen molar-refractivity contribution >= 4 is 7.12 Å². The molecule has 1 aliphatic carbocycles. The molecule has 5 heteroatoms. The maximum absolute atomic E-state index is 14.8. The molecule has 0 aromatic rings. The van der Waals surface area contributed by atoms with Crippen molar-refractivity contribution < 1.29 is 13.7 Å². The van der Waals surface area contributed by atoms with E-state index in [9.17, 15) is 4.39 Å². The van der Waals surface area contributed by atoms with Crippen LogP contribution >= 0.6 is 0 Å². The molecule has 2 atom stereocenters. The molecule has 19 heavy (non-hydrogen) atoms. The van der Waals surface area contributed by atoms with E-state index in [1.54, 1.807) is 0 Å². The molecule has 2 bridgehead atoms. The third kappa shape index (κ3) is 2.06. The summed E-state index contributed by atoms with van der Waals surface area (Å²) < 4.78 is 26.5. The Morgan fingerprint density at radius 2 is 1.58 bits per heavy atom. The molecule has 3 nitrogen and oxygen atoms in total. The lowest BCUT2D eigenvalue weighted by atomic mass is 9.78. The minimum atomic E-state index is -0.818. The zero-order valence-electron chi connectivity index (χ0n) is 12.3. The van der Waals surface area contributed by atoms with Crippen LogP contribution in [-0.4, -0.2) is 31.4 Å². The van der Waals surface area contributed by atoms with E-state index in [1.807, 2.05) is 27.7 Å². The lowest BCUT2D eigenvalue weighted by molar-refractivity contribution is 0.00578. The highest BCUT2D eigenvalue weighted by Gasteiger charge is 2.54. The van der Waals surface area contributed by atoms with Crippen LogP contribution < -0.4 is 5.32 Å². The third-order valence-electron chi connectivity index (χ3n) is 5.26. The molecule has 0 aromatic heterocycles. The summed E-state index contributed by atoms with van der Waals surface area (Å²) in [6.07, 6.45) is 2.17. The Kier molecular flexibility index (Phi) is 3.08. The van der Waals surface area contributed by atoms with Crippen molar-refractivity contribution in [3.8, 4) is 0 Å². The largest absolute Gasteiger partial charge is 0.525 e. The Hall–Kier alpha value is -0.385. The molecular formula is C14H23BFNO2. The minimum absolute atomic E-state index is 0.160. The Bertz CT molecular complexity index is 388. The van der Waals surface area contributed by atoms with Crippen LogP contribution in [0.1, 0.15) is 40.5 Å². The zero-order valence-corrected chi connectivity index (χ0v) is 12.3. The molecule has 2 unspecified atom stereocenters. The highest BCUT2D eigenvalue weighted by atomic mass is 19.1. The summed E-state index contributed by atoms with van der Waals surface area (Å²) in [4.78, 5) is 0. The van der Waals surface area contributed by atoms with Crippen LogP contribution in [0.2, 0.25) is 0 Å². The normalized spacial score (nSPS) is 35.8. The number of piperidine rings is 1.